The van der Waals surface area contributed by atoms with E-state index in [1.165, 1.54) is 12.5 Å². The highest BCUT2D eigenvalue weighted by molar-refractivity contribution is 5.95. The number of hydrogen-bond acceptors (Lipinski definition) is 2. The van der Waals surface area contributed by atoms with Crippen molar-refractivity contribution in [1.82, 2.24) is 4.90 Å². The van der Waals surface area contributed by atoms with E-state index >= 15 is 0 Å². The molecule has 0 aromatic heterocycles. The number of carbonyl (C=O) groups is 2. The molecule has 0 aliphatic carbocycles. The van der Waals surface area contributed by atoms with Gasteiger partial charge in [0.1, 0.15) is 0 Å². The minimum absolute atomic E-state index is 0.0426. The molecule has 1 N–H and O–H groups in total. The molecule has 2 rings (SSSR count). The third kappa shape index (κ3) is 4.68. The van der Waals surface area contributed by atoms with E-state index < -0.39 is 0 Å². The molecular weight excluding hydrogens is 288 g/mol. The van der Waals surface area contributed by atoms with Crippen molar-refractivity contribution in [2.75, 3.05) is 12.4 Å². The number of aryl methyl sites for hydroxylation is 1. The van der Waals surface area contributed by atoms with Gasteiger partial charge in [0.15, 0.2) is 0 Å². The van der Waals surface area contributed by atoms with Gasteiger partial charge < -0.3 is 10.2 Å². The van der Waals surface area contributed by atoms with Gasteiger partial charge in [0, 0.05) is 31.8 Å². The second-order valence-corrected chi connectivity index (χ2v) is 5.59. The van der Waals surface area contributed by atoms with E-state index in [0.717, 1.165) is 12.0 Å². The van der Waals surface area contributed by atoms with E-state index in [-0.39, 0.29) is 11.8 Å². The summed E-state index contributed by atoms with van der Waals surface area (Å²) >= 11 is 0. The molecule has 0 spiro atoms. The summed E-state index contributed by atoms with van der Waals surface area (Å²) in [7, 11) is 1.79. The van der Waals surface area contributed by atoms with Crippen LogP contribution in [0.4, 0.5) is 5.69 Å². The zero-order chi connectivity index (χ0) is 16.8. The average molecular weight is 310 g/mol. The van der Waals surface area contributed by atoms with Crippen LogP contribution in [0.25, 0.3) is 0 Å². The summed E-state index contributed by atoms with van der Waals surface area (Å²) in [4.78, 5) is 25.1. The molecule has 4 nitrogen and oxygen atoms in total. The zero-order valence-electron chi connectivity index (χ0n) is 13.8. The molecule has 0 atom stereocenters. The maximum atomic E-state index is 12.4. The first kappa shape index (κ1) is 16.7. The number of rotatable bonds is 5. The Labute approximate surface area is 137 Å². The van der Waals surface area contributed by atoms with Gasteiger partial charge in [-0.1, -0.05) is 31.2 Å². The summed E-state index contributed by atoms with van der Waals surface area (Å²) < 4.78 is 0. The van der Waals surface area contributed by atoms with Gasteiger partial charge >= 0.3 is 0 Å². The van der Waals surface area contributed by atoms with Crippen LogP contribution in [0.3, 0.4) is 0 Å². The molecule has 2 aromatic rings. The van der Waals surface area contributed by atoms with E-state index in [9.17, 15) is 9.59 Å². The second kappa shape index (κ2) is 7.58. The number of benzene rings is 2. The molecule has 4 heteroatoms. The lowest BCUT2D eigenvalue weighted by Gasteiger charge is -2.18. The molecule has 2 aromatic carbocycles. The van der Waals surface area contributed by atoms with Crippen LogP contribution in [0.15, 0.2) is 48.5 Å². The number of anilines is 1. The van der Waals surface area contributed by atoms with E-state index in [4.69, 9.17) is 0 Å². The fraction of sp³-hybridized carbons (Fsp3) is 0.263. The van der Waals surface area contributed by atoms with Crippen LogP contribution in [-0.4, -0.2) is 23.8 Å². The monoisotopic (exact) mass is 310 g/mol. The SMILES string of the molecule is CCc1ccc(CN(C)C(=O)c2ccc(NC(C)=O)cc2)cc1. The van der Waals surface area contributed by atoms with Crippen molar-refractivity contribution in [3.63, 3.8) is 0 Å². The molecule has 0 radical (unpaired) electrons. The standard InChI is InChI=1S/C19H22N2O2/c1-4-15-5-7-16(8-6-15)13-21(3)19(23)17-9-11-18(12-10-17)20-14(2)22/h5-12H,4,13H2,1-3H3,(H,20,22). The highest BCUT2D eigenvalue weighted by atomic mass is 16.2. The Morgan fingerprint density at radius 2 is 1.52 bits per heavy atom. The fourth-order valence-corrected chi connectivity index (χ4v) is 2.35. The Kier molecular flexibility index (Phi) is 5.52. The van der Waals surface area contributed by atoms with Crippen molar-refractivity contribution in [2.45, 2.75) is 26.8 Å². The first-order valence-corrected chi connectivity index (χ1v) is 7.70. The van der Waals surface area contributed by atoms with E-state index in [2.05, 4.69) is 36.5 Å². The minimum atomic E-state index is -0.128. The molecule has 2 amide bonds. The maximum Gasteiger partial charge on any atom is 0.253 e. The normalized spacial score (nSPS) is 10.2. The van der Waals surface area contributed by atoms with Gasteiger partial charge in [-0.25, -0.2) is 0 Å². The highest BCUT2D eigenvalue weighted by Crippen LogP contribution is 2.13. The molecule has 0 heterocycles. The number of carbonyl (C=O) groups excluding carboxylic acids is 2. The van der Waals surface area contributed by atoms with Crippen LogP contribution in [0.2, 0.25) is 0 Å². The first-order valence-electron chi connectivity index (χ1n) is 7.70. The predicted octanol–water partition coefficient (Wildman–Crippen LogP) is 3.48. The van der Waals surface area contributed by atoms with Gasteiger partial charge in [0.25, 0.3) is 5.91 Å². The first-order chi connectivity index (χ1) is 11.0. The van der Waals surface area contributed by atoms with Crippen molar-refractivity contribution in [3.05, 3.63) is 65.2 Å². The van der Waals surface area contributed by atoms with Gasteiger partial charge in [-0.3, -0.25) is 9.59 Å². The van der Waals surface area contributed by atoms with Crippen molar-refractivity contribution in [3.8, 4) is 0 Å². The Morgan fingerprint density at radius 3 is 2.04 bits per heavy atom. The Morgan fingerprint density at radius 1 is 0.957 bits per heavy atom. The third-order valence-corrected chi connectivity index (χ3v) is 3.65. The quantitative estimate of drug-likeness (QED) is 0.919. The van der Waals surface area contributed by atoms with E-state index in [0.29, 0.717) is 17.8 Å². The Bertz CT molecular complexity index is 676. The van der Waals surface area contributed by atoms with Crippen molar-refractivity contribution < 1.29 is 9.59 Å². The van der Waals surface area contributed by atoms with E-state index in [1.54, 1.807) is 36.2 Å². The van der Waals surface area contributed by atoms with Crippen LogP contribution in [0, 0.1) is 0 Å². The van der Waals surface area contributed by atoms with Gasteiger partial charge in [-0.15, -0.1) is 0 Å². The smallest absolute Gasteiger partial charge is 0.253 e. The molecule has 0 unspecified atom stereocenters. The summed E-state index contributed by atoms with van der Waals surface area (Å²) in [6.45, 7) is 4.14. The van der Waals surface area contributed by atoms with E-state index in [1.807, 2.05) is 0 Å². The maximum absolute atomic E-state index is 12.4. The van der Waals surface area contributed by atoms with Crippen molar-refractivity contribution >= 4 is 17.5 Å². The van der Waals surface area contributed by atoms with Gasteiger partial charge in [0.2, 0.25) is 5.91 Å². The lowest BCUT2D eigenvalue weighted by atomic mass is 10.1. The predicted molar refractivity (Wildman–Crippen MR) is 92.4 cm³/mol. The molecule has 120 valence electrons. The summed E-state index contributed by atoms with van der Waals surface area (Å²) in [5.74, 6) is -0.171. The third-order valence-electron chi connectivity index (χ3n) is 3.65. The van der Waals surface area contributed by atoms with Gasteiger partial charge in [-0.05, 0) is 41.8 Å². The molecular formula is C19H22N2O2. The number of amides is 2. The number of hydrogen-bond donors (Lipinski definition) is 1. The molecule has 0 saturated heterocycles. The highest BCUT2D eigenvalue weighted by Gasteiger charge is 2.12. The van der Waals surface area contributed by atoms with Gasteiger partial charge in [-0.2, -0.15) is 0 Å². The average Bonchev–Trinajstić information content (AvgIpc) is 2.55. The topological polar surface area (TPSA) is 49.4 Å². The van der Waals surface area contributed by atoms with Crippen molar-refractivity contribution in [1.29, 1.82) is 0 Å². The summed E-state index contributed by atoms with van der Waals surface area (Å²) in [5.41, 5.74) is 3.68. The van der Waals surface area contributed by atoms with Crippen LogP contribution >= 0.6 is 0 Å². The lowest BCUT2D eigenvalue weighted by Crippen LogP contribution is -2.26. The summed E-state index contributed by atoms with van der Waals surface area (Å²) in [6, 6.07) is 15.2. The summed E-state index contributed by atoms with van der Waals surface area (Å²) in [6.07, 6.45) is 1.01. The van der Waals surface area contributed by atoms with Crippen LogP contribution < -0.4 is 5.32 Å². The molecule has 0 fully saturated rings. The largest absolute Gasteiger partial charge is 0.337 e. The molecule has 0 bridgehead atoms. The molecule has 0 aliphatic rings. The van der Waals surface area contributed by atoms with Gasteiger partial charge in [0.05, 0.1) is 0 Å². The molecule has 23 heavy (non-hydrogen) atoms. The Hall–Kier alpha value is -2.62. The Balaban J connectivity index is 2.02. The van der Waals surface area contributed by atoms with Crippen molar-refractivity contribution in [2.24, 2.45) is 0 Å². The van der Waals surface area contributed by atoms with Crippen LogP contribution in [-0.2, 0) is 17.8 Å². The number of nitrogens with one attached hydrogen (secondary N) is 1. The number of nitrogens with zero attached hydrogens (tertiary/aromatic N) is 1. The zero-order valence-corrected chi connectivity index (χ0v) is 13.8. The molecule has 0 aliphatic heterocycles. The molecule has 0 saturated carbocycles. The fourth-order valence-electron chi connectivity index (χ4n) is 2.35. The lowest BCUT2D eigenvalue weighted by molar-refractivity contribution is -0.114. The van der Waals surface area contributed by atoms with Crippen LogP contribution in [0.1, 0.15) is 35.3 Å². The summed E-state index contributed by atoms with van der Waals surface area (Å²) in [5, 5.41) is 2.69. The van der Waals surface area contributed by atoms with Crippen LogP contribution in [0.5, 0.6) is 0 Å². The minimum Gasteiger partial charge on any atom is -0.337 e. The second-order valence-electron chi connectivity index (χ2n) is 5.59.